The van der Waals surface area contributed by atoms with Gasteiger partial charge in [0.2, 0.25) is 10.0 Å². The maximum atomic E-state index is 12.2. The number of nitrogens with one attached hydrogen (secondary N) is 1. The molecule has 1 atom stereocenters. The van der Waals surface area contributed by atoms with Crippen molar-refractivity contribution in [2.75, 3.05) is 31.0 Å². The summed E-state index contributed by atoms with van der Waals surface area (Å²) >= 11 is 0. The molecule has 0 aromatic rings. The largest absolute Gasteiger partial charge is 0.313 e. The van der Waals surface area contributed by atoms with Crippen molar-refractivity contribution in [2.24, 2.45) is 0 Å². The minimum atomic E-state index is -3.73. The number of rotatable bonds is 8. The molecule has 1 N–H and O–H groups in total. The summed E-state index contributed by atoms with van der Waals surface area (Å²) < 4.78 is 48.1. The Hall–Kier alpha value is -0.180. The molecule has 1 fully saturated rings. The Bertz CT molecular complexity index is 467. The Morgan fingerprint density at radius 2 is 1.95 bits per heavy atom. The molecule has 0 bridgehead atoms. The predicted octanol–water partition coefficient (Wildman–Crippen LogP) is 0.172. The Kier molecular flexibility index (Phi) is 6.22. The van der Waals surface area contributed by atoms with Crippen LogP contribution in [0.3, 0.4) is 0 Å². The molecule has 114 valence electrons. The lowest BCUT2D eigenvalue weighted by Gasteiger charge is -2.24. The highest BCUT2D eigenvalue weighted by Crippen LogP contribution is 2.12. The minimum Gasteiger partial charge on any atom is -0.313 e. The van der Waals surface area contributed by atoms with Crippen LogP contribution in [0.5, 0.6) is 0 Å². The number of sulfonamides is 1. The summed E-state index contributed by atoms with van der Waals surface area (Å²) in [6, 6.07) is 0.145. The molecule has 0 aromatic carbocycles. The van der Waals surface area contributed by atoms with Gasteiger partial charge in [-0.1, -0.05) is 13.3 Å². The Labute approximate surface area is 116 Å². The van der Waals surface area contributed by atoms with Crippen molar-refractivity contribution in [1.29, 1.82) is 0 Å². The predicted molar refractivity (Wildman–Crippen MR) is 76.1 cm³/mol. The molecule has 0 radical (unpaired) electrons. The first kappa shape index (κ1) is 16.9. The summed E-state index contributed by atoms with van der Waals surface area (Å²) in [5.74, 6) is 0. The zero-order valence-corrected chi connectivity index (χ0v) is 13.3. The fourth-order valence-corrected chi connectivity index (χ4v) is 5.76. The number of hydrogen-bond donors (Lipinski definition) is 1. The first-order chi connectivity index (χ1) is 8.74. The summed E-state index contributed by atoms with van der Waals surface area (Å²) in [5, 5.41) is 2.45. The Morgan fingerprint density at radius 3 is 2.42 bits per heavy atom. The Morgan fingerprint density at radius 1 is 1.26 bits per heavy atom. The third kappa shape index (κ3) is 6.20. The molecule has 1 heterocycles. The van der Waals surface area contributed by atoms with Gasteiger partial charge in [0, 0.05) is 25.4 Å². The number of sulfone groups is 1. The molecule has 1 aliphatic heterocycles. The van der Waals surface area contributed by atoms with E-state index in [1.165, 1.54) is 4.31 Å². The monoisotopic (exact) mass is 312 g/mol. The highest BCUT2D eigenvalue weighted by molar-refractivity contribution is 8.06. The van der Waals surface area contributed by atoms with Crippen LogP contribution in [-0.4, -0.2) is 58.2 Å². The van der Waals surface area contributed by atoms with Crippen molar-refractivity contribution in [3.63, 3.8) is 0 Å². The second kappa shape index (κ2) is 7.01. The molecular formula is C11H24N2O4S2. The van der Waals surface area contributed by atoms with Crippen LogP contribution in [0, 0.1) is 0 Å². The van der Waals surface area contributed by atoms with Gasteiger partial charge in [0.05, 0.1) is 0 Å². The quantitative estimate of drug-likeness (QED) is 0.691. The van der Waals surface area contributed by atoms with Gasteiger partial charge in [-0.3, -0.25) is 0 Å². The van der Waals surface area contributed by atoms with Crippen LogP contribution in [0.4, 0.5) is 0 Å². The molecule has 0 spiro atoms. The third-order valence-corrected chi connectivity index (χ3v) is 7.13. The van der Waals surface area contributed by atoms with Crippen LogP contribution < -0.4 is 5.32 Å². The van der Waals surface area contributed by atoms with E-state index < -0.39 is 24.9 Å². The molecule has 1 unspecified atom stereocenters. The van der Waals surface area contributed by atoms with Gasteiger partial charge >= 0.3 is 0 Å². The molecule has 1 saturated heterocycles. The lowest BCUT2D eigenvalue weighted by Crippen LogP contribution is -2.43. The first-order valence-electron chi connectivity index (χ1n) is 6.63. The zero-order chi connectivity index (χ0) is 14.5. The summed E-state index contributed by atoms with van der Waals surface area (Å²) in [5.41, 5.74) is 0. The fourth-order valence-electron chi connectivity index (χ4n) is 2.18. The summed E-state index contributed by atoms with van der Waals surface area (Å²) in [7, 11) is -7.27. The normalized spacial score (nSPS) is 21.1. The molecule has 0 aliphatic carbocycles. The molecule has 1 aliphatic rings. The third-order valence-electron chi connectivity index (χ3n) is 3.10. The lowest BCUT2D eigenvalue weighted by molar-refractivity contribution is 0.366. The highest BCUT2D eigenvalue weighted by Gasteiger charge is 2.29. The van der Waals surface area contributed by atoms with Crippen LogP contribution in [-0.2, 0) is 19.9 Å². The van der Waals surface area contributed by atoms with E-state index in [0.717, 1.165) is 38.5 Å². The van der Waals surface area contributed by atoms with Gasteiger partial charge in [-0.25, -0.2) is 16.8 Å². The standard InChI is InChI=1S/C11H24N2O4S2/c1-3-4-8-13(9-11-6-5-7-12-11)19(16,17)10-18(2,14)15/h11-12H,3-10H2,1-2H3. The van der Waals surface area contributed by atoms with Gasteiger partial charge < -0.3 is 5.32 Å². The van der Waals surface area contributed by atoms with Crippen molar-refractivity contribution in [3.8, 4) is 0 Å². The van der Waals surface area contributed by atoms with Gasteiger partial charge in [0.25, 0.3) is 0 Å². The SMILES string of the molecule is CCCCN(CC1CCCN1)S(=O)(=O)CS(C)(=O)=O. The molecule has 1 rings (SSSR count). The highest BCUT2D eigenvalue weighted by atomic mass is 32.3. The maximum Gasteiger partial charge on any atom is 0.228 e. The smallest absolute Gasteiger partial charge is 0.228 e. The van der Waals surface area contributed by atoms with Crippen molar-refractivity contribution in [3.05, 3.63) is 0 Å². The Balaban J connectivity index is 2.76. The summed E-state index contributed by atoms with van der Waals surface area (Å²) in [6.45, 7) is 3.65. The second-order valence-electron chi connectivity index (χ2n) is 5.16. The number of hydrogen-bond acceptors (Lipinski definition) is 5. The molecule has 0 amide bonds. The first-order valence-corrected chi connectivity index (χ1v) is 10.3. The van der Waals surface area contributed by atoms with E-state index in [4.69, 9.17) is 0 Å². The van der Waals surface area contributed by atoms with Crippen LogP contribution >= 0.6 is 0 Å². The molecule has 0 saturated carbocycles. The van der Waals surface area contributed by atoms with E-state index in [1.807, 2.05) is 6.92 Å². The van der Waals surface area contributed by atoms with E-state index in [-0.39, 0.29) is 6.04 Å². The topological polar surface area (TPSA) is 83.6 Å². The molecule has 8 heteroatoms. The van der Waals surface area contributed by atoms with Gasteiger partial charge in [-0.15, -0.1) is 0 Å². The number of unbranched alkanes of at least 4 members (excludes halogenated alkanes) is 1. The van der Waals surface area contributed by atoms with E-state index in [1.54, 1.807) is 0 Å². The van der Waals surface area contributed by atoms with E-state index in [9.17, 15) is 16.8 Å². The van der Waals surface area contributed by atoms with Gasteiger partial charge in [0.1, 0.15) is 0 Å². The van der Waals surface area contributed by atoms with Gasteiger partial charge in [-0.05, 0) is 25.8 Å². The molecule has 6 nitrogen and oxygen atoms in total. The van der Waals surface area contributed by atoms with Crippen molar-refractivity contribution >= 4 is 19.9 Å². The van der Waals surface area contributed by atoms with Crippen molar-refractivity contribution in [2.45, 2.75) is 38.6 Å². The summed E-state index contributed by atoms with van der Waals surface area (Å²) in [6.07, 6.45) is 4.56. The maximum absolute atomic E-state index is 12.2. The van der Waals surface area contributed by atoms with E-state index >= 15 is 0 Å². The average Bonchev–Trinajstić information content (AvgIpc) is 2.73. The fraction of sp³-hybridized carbons (Fsp3) is 1.00. The summed E-state index contributed by atoms with van der Waals surface area (Å²) in [4.78, 5) is 0. The zero-order valence-electron chi connectivity index (χ0n) is 11.6. The molecule has 19 heavy (non-hydrogen) atoms. The average molecular weight is 312 g/mol. The van der Waals surface area contributed by atoms with Gasteiger partial charge in [-0.2, -0.15) is 4.31 Å². The van der Waals surface area contributed by atoms with Gasteiger partial charge in [0.15, 0.2) is 14.9 Å². The van der Waals surface area contributed by atoms with E-state index in [0.29, 0.717) is 13.1 Å². The van der Waals surface area contributed by atoms with Crippen LogP contribution in [0.25, 0.3) is 0 Å². The molecular weight excluding hydrogens is 288 g/mol. The minimum absolute atomic E-state index is 0.145. The lowest BCUT2D eigenvalue weighted by atomic mass is 10.2. The van der Waals surface area contributed by atoms with Crippen LogP contribution in [0.15, 0.2) is 0 Å². The second-order valence-corrected chi connectivity index (χ2v) is 9.63. The van der Waals surface area contributed by atoms with E-state index in [2.05, 4.69) is 5.32 Å². The van der Waals surface area contributed by atoms with Crippen LogP contribution in [0.2, 0.25) is 0 Å². The van der Waals surface area contributed by atoms with Crippen LogP contribution in [0.1, 0.15) is 32.6 Å². The molecule has 0 aromatic heterocycles. The van der Waals surface area contributed by atoms with Crippen molar-refractivity contribution in [1.82, 2.24) is 9.62 Å². The number of nitrogens with zero attached hydrogens (tertiary/aromatic N) is 1. The van der Waals surface area contributed by atoms with Crippen molar-refractivity contribution < 1.29 is 16.8 Å².